The quantitative estimate of drug-likeness (QED) is 0.685. The Hall–Kier alpha value is -1.00. The molecule has 0 atom stereocenters. The average molecular weight is 251 g/mol. The van der Waals surface area contributed by atoms with Crippen LogP contribution in [0.5, 0.6) is 0 Å². The standard InChI is InChI=1S/C14H25N3O/c1-4-7-13-12(9-15-8-5-2)10-16-14(17-13)11-18-6-3/h10,15H,4-9,11H2,1-3H3. The van der Waals surface area contributed by atoms with E-state index in [1.165, 1.54) is 5.56 Å². The maximum absolute atomic E-state index is 5.35. The van der Waals surface area contributed by atoms with Gasteiger partial charge in [0, 0.05) is 30.6 Å². The third-order valence-corrected chi connectivity index (χ3v) is 2.67. The molecule has 1 aromatic heterocycles. The van der Waals surface area contributed by atoms with Crippen LogP contribution < -0.4 is 5.32 Å². The zero-order valence-corrected chi connectivity index (χ0v) is 11.8. The average Bonchev–Trinajstić information content (AvgIpc) is 2.39. The number of hydrogen-bond acceptors (Lipinski definition) is 4. The summed E-state index contributed by atoms with van der Waals surface area (Å²) in [5.74, 6) is 0.791. The van der Waals surface area contributed by atoms with Gasteiger partial charge in [-0.15, -0.1) is 0 Å². The van der Waals surface area contributed by atoms with Gasteiger partial charge in [0.25, 0.3) is 0 Å². The van der Waals surface area contributed by atoms with Crippen molar-refractivity contribution in [2.75, 3.05) is 13.2 Å². The Bertz CT molecular complexity index is 342. The minimum atomic E-state index is 0.510. The van der Waals surface area contributed by atoms with E-state index in [0.717, 1.165) is 43.9 Å². The van der Waals surface area contributed by atoms with Crippen LogP contribution in [0.15, 0.2) is 6.20 Å². The lowest BCUT2D eigenvalue weighted by Gasteiger charge is -2.10. The normalized spacial score (nSPS) is 10.8. The Morgan fingerprint density at radius 2 is 2.06 bits per heavy atom. The Morgan fingerprint density at radius 1 is 1.22 bits per heavy atom. The van der Waals surface area contributed by atoms with Crippen molar-refractivity contribution in [1.82, 2.24) is 15.3 Å². The first-order valence-electron chi connectivity index (χ1n) is 6.93. The van der Waals surface area contributed by atoms with Gasteiger partial charge in [-0.05, 0) is 26.3 Å². The topological polar surface area (TPSA) is 47.0 Å². The van der Waals surface area contributed by atoms with Crippen LogP contribution >= 0.6 is 0 Å². The highest BCUT2D eigenvalue weighted by Crippen LogP contribution is 2.09. The summed E-state index contributed by atoms with van der Waals surface area (Å²) >= 11 is 0. The second-order valence-corrected chi connectivity index (χ2v) is 4.32. The molecular weight excluding hydrogens is 226 g/mol. The van der Waals surface area contributed by atoms with Crippen molar-refractivity contribution in [3.05, 3.63) is 23.3 Å². The fraction of sp³-hybridized carbons (Fsp3) is 0.714. The number of nitrogens with zero attached hydrogens (tertiary/aromatic N) is 2. The van der Waals surface area contributed by atoms with Crippen molar-refractivity contribution in [3.63, 3.8) is 0 Å². The van der Waals surface area contributed by atoms with Crippen molar-refractivity contribution < 1.29 is 4.74 Å². The lowest BCUT2D eigenvalue weighted by atomic mass is 10.1. The summed E-state index contributed by atoms with van der Waals surface area (Å²) in [7, 11) is 0. The number of hydrogen-bond donors (Lipinski definition) is 1. The van der Waals surface area contributed by atoms with Gasteiger partial charge < -0.3 is 10.1 Å². The zero-order valence-electron chi connectivity index (χ0n) is 11.8. The van der Waals surface area contributed by atoms with E-state index >= 15 is 0 Å². The van der Waals surface area contributed by atoms with Gasteiger partial charge in [-0.3, -0.25) is 0 Å². The molecule has 18 heavy (non-hydrogen) atoms. The number of aryl methyl sites for hydroxylation is 1. The van der Waals surface area contributed by atoms with Gasteiger partial charge in [0.05, 0.1) is 0 Å². The molecule has 0 bridgehead atoms. The smallest absolute Gasteiger partial charge is 0.154 e. The highest BCUT2D eigenvalue weighted by atomic mass is 16.5. The van der Waals surface area contributed by atoms with Gasteiger partial charge in [0.1, 0.15) is 6.61 Å². The lowest BCUT2D eigenvalue weighted by molar-refractivity contribution is 0.128. The first-order chi connectivity index (χ1) is 8.81. The van der Waals surface area contributed by atoms with E-state index in [2.05, 4.69) is 29.1 Å². The molecule has 0 aliphatic carbocycles. The van der Waals surface area contributed by atoms with Crippen LogP contribution in [0.2, 0.25) is 0 Å². The molecule has 1 rings (SSSR count). The first kappa shape index (κ1) is 15.1. The molecular formula is C14H25N3O. The minimum Gasteiger partial charge on any atom is -0.374 e. The second kappa shape index (κ2) is 9.00. The number of aromatic nitrogens is 2. The highest BCUT2D eigenvalue weighted by molar-refractivity contribution is 5.17. The molecule has 0 spiro atoms. The van der Waals surface area contributed by atoms with Crippen LogP contribution in [-0.4, -0.2) is 23.1 Å². The maximum Gasteiger partial charge on any atom is 0.154 e. The van der Waals surface area contributed by atoms with Gasteiger partial charge in [0.2, 0.25) is 0 Å². The molecule has 0 aromatic carbocycles. The summed E-state index contributed by atoms with van der Waals surface area (Å²) in [5.41, 5.74) is 2.37. The van der Waals surface area contributed by atoms with Gasteiger partial charge in [-0.25, -0.2) is 9.97 Å². The van der Waals surface area contributed by atoms with E-state index in [0.29, 0.717) is 13.2 Å². The van der Waals surface area contributed by atoms with Gasteiger partial charge in [0.15, 0.2) is 5.82 Å². The van der Waals surface area contributed by atoms with Crippen molar-refractivity contribution in [3.8, 4) is 0 Å². The SMILES string of the molecule is CCCNCc1cnc(COCC)nc1CCC. The Kier molecular flexibility index (Phi) is 7.53. The molecule has 4 heteroatoms. The van der Waals surface area contributed by atoms with Crippen LogP contribution in [0.25, 0.3) is 0 Å². The third kappa shape index (κ3) is 5.10. The lowest BCUT2D eigenvalue weighted by Crippen LogP contribution is -2.17. The summed E-state index contributed by atoms with van der Waals surface area (Å²) in [5, 5.41) is 3.40. The van der Waals surface area contributed by atoms with Crippen LogP contribution in [0.3, 0.4) is 0 Å². The maximum atomic E-state index is 5.35. The number of ether oxygens (including phenoxy) is 1. The fourth-order valence-corrected chi connectivity index (χ4v) is 1.75. The van der Waals surface area contributed by atoms with E-state index in [-0.39, 0.29) is 0 Å². The summed E-state index contributed by atoms with van der Waals surface area (Å²) in [6, 6.07) is 0. The Labute approximate surface area is 110 Å². The predicted molar refractivity (Wildman–Crippen MR) is 73.4 cm³/mol. The van der Waals surface area contributed by atoms with E-state index in [4.69, 9.17) is 4.74 Å². The molecule has 0 saturated heterocycles. The molecule has 1 aromatic rings. The van der Waals surface area contributed by atoms with E-state index in [1.807, 2.05) is 13.1 Å². The molecule has 102 valence electrons. The molecule has 1 heterocycles. The van der Waals surface area contributed by atoms with Crippen LogP contribution in [0.4, 0.5) is 0 Å². The van der Waals surface area contributed by atoms with E-state index < -0.39 is 0 Å². The molecule has 1 N–H and O–H groups in total. The molecule has 0 aliphatic rings. The second-order valence-electron chi connectivity index (χ2n) is 4.32. The van der Waals surface area contributed by atoms with Gasteiger partial charge >= 0.3 is 0 Å². The van der Waals surface area contributed by atoms with E-state index in [1.54, 1.807) is 0 Å². The summed E-state index contributed by atoms with van der Waals surface area (Å²) in [4.78, 5) is 8.96. The minimum absolute atomic E-state index is 0.510. The predicted octanol–water partition coefficient (Wildman–Crippen LogP) is 2.47. The highest BCUT2D eigenvalue weighted by Gasteiger charge is 2.06. The van der Waals surface area contributed by atoms with Crippen molar-refractivity contribution in [2.24, 2.45) is 0 Å². The Balaban J connectivity index is 2.69. The largest absolute Gasteiger partial charge is 0.374 e. The van der Waals surface area contributed by atoms with Crippen molar-refractivity contribution >= 4 is 0 Å². The summed E-state index contributed by atoms with van der Waals surface area (Å²) in [6.07, 6.45) is 5.19. The monoisotopic (exact) mass is 251 g/mol. The van der Waals surface area contributed by atoms with Crippen molar-refractivity contribution in [2.45, 2.75) is 53.2 Å². The molecule has 0 saturated carbocycles. The van der Waals surface area contributed by atoms with Crippen LogP contribution in [0.1, 0.15) is 50.7 Å². The van der Waals surface area contributed by atoms with Crippen LogP contribution in [-0.2, 0) is 24.3 Å². The first-order valence-corrected chi connectivity index (χ1v) is 6.93. The third-order valence-electron chi connectivity index (χ3n) is 2.67. The van der Waals surface area contributed by atoms with Crippen LogP contribution in [0, 0.1) is 0 Å². The molecule has 0 radical (unpaired) electrons. The number of rotatable bonds is 9. The van der Waals surface area contributed by atoms with Crippen molar-refractivity contribution in [1.29, 1.82) is 0 Å². The summed E-state index contributed by atoms with van der Waals surface area (Å²) in [6.45, 7) is 9.43. The molecule has 0 unspecified atom stereocenters. The molecule has 0 fully saturated rings. The number of nitrogens with one attached hydrogen (secondary N) is 1. The summed E-state index contributed by atoms with van der Waals surface area (Å²) < 4.78 is 5.35. The van der Waals surface area contributed by atoms with Gasteiger partial charge in [-0.2, -0.15) is 0 Å². The zero-order chi connectivity index (χ0) is 13.2. The molecule has 0 aliphatic heterocycles. The molecule has 0 amide bonds. The van der Waals surface area contributed by atoms with Gasteiger partial charge in [-0.1, -0.05) is 20.3 Å². The van der Waals surface area contributed by atoms with E-state index in [9.17, 15) is 0 Å². The fourth-order valence-electron chi connectivity index (χ4n) is 1.75. The Morgan fingerprint density at radius 3 is 2.72 bits per heavy atom. The molecule has 4 nitrogen and oxygen atoms in total.